The van der Waals surface area contributed by atoms with Crippen LogP contribution in [0.2, 0.25) is 0 Å². The minimum absolute atomic E-state index is 0.197. The highest BCUT2D eigenvalue weighted by Crippen LogP contribution is 2.28. The Hall–Kier alpha value is -3.67. The molecule has 0 unspecified atom stereocenters. The summed E-state index contributed by atoms with van der Waals surface area (Å²) in [6.07, 6.45) is 0. The lowest BCUT2D eigenvalue weighted by atomic mass is 10.2. The molecule has 0 aliphatic heterocycles. The van der Waals surface area contributed by atoms with Crippen LogP contribution in [0, 0.1) is 5.82 Å². The third-order valence-corrected chi connectivity index (χ3v) is 4.18. The molecule has 1 heterocycles. The molecule has 0 aliphatic carbocycles. The lowest BCUT2D eigenvalue weighted by Crippen LogP contribution is -2.11. The number of oxazole rings is 1. The molecule has 0 bridgehead atoms. The maximum atomic E-state index is 14.0. The zero-order valence-electron chi connectivity index (χ0n) is 15.1. The number of halogens is 1. The van der Waals surface area contributed by atoms with Gasteiger partial charge in [0, 0.05) is 11.3 Å². The summed E-state index contributed by atoms with van der Waals surface area (Å²) in [5.41, 5.74) is 2.41. The van der Waals surface area contributed by atoms with Crippen molar-refractivity contribution < 1.29 is 18.3 Å². The largest absolute Gasteiger partial charge is 0.494 e. The molecule has 1 N–H and O–H groups in total. The second-order valence-electron chi connectivity index (χ2n) is 6.09. The number of amides is 1. The molecule has 28 heavy (non-hydrogen) atoms. The predicted molar refractivity (Wildman–Crippen MR) is 105 cm³/mol. The fraction of sp³-hybridized carbons (Fsp3) is 0.0909. The molecule has 0 atom stereocenters. The first kappa shape index (κ1) is 17.7. The van der Waals surface area contributed by atoms with Crippen molar-refractivity contribution in [2.45, 2.75) is 6.92 Å². The van der Waals surface area contributed by atoms with E-state index in [1.165, 1.54) is 6.07 Å². The molecule has 140 valence electrons. The normalized spacial score (nSPS) is 10.8. The maximum absolute atomic E-state index is 14.0. The van der Waals surface area contributed by atoms with Crippen molar-refractivity contribution in [1.82, 2.24) is 4.98 Å². The van der Waals surface area contributed by atoms with Crippen LogP contribution in [0.1, 0.15) is 17.3 Å². The van der Waals surface area contributed by atoms with Gasteiger partial charge in [0.1, 0.15) is 17.1 Å². The second kappa shape index (κ2) is 7.52. The minimum atomic E-state index is -0.405. The summed E-state index contributed by atoms with van der Waals surface area (Å²) < 4.78 is 25.0. The number of hydrogen-bond acceptors (Lipinski definition) is 4. The van der Waals surface area contributed by atoms with E-state index in [0.717, 1.165) is 0 Å². The molecule has 0 radical (unpaired) electrons. The van der Waals surface area contributed by atoms with E-state index >= 15 is 0 Å². The van der Waals surface area contributed by atoms with Crippen molar-refractivity contribution in [2.75, 3.05) is 11.9 Å². The molecule has 0 fully saturated rings. The van der Waals surface area contributed by atoms with Crippen LogP contribution in [0.3, 0.4) is 0 Å². The van der Waals surface area contributed by atoms with Crippen molar-refractivity contribution in [3.05, 3.63) is 78.1 Å². The van der Waals surface area contributed by atoms with Gasteiger partial charge < -0.3 is 14.5 Å². The first-order chi connectivity index (χ1) is 13.6. The van der Waals surface area contributed by atoms with Gasteiger partial charge in [-0.15, -0.1) is 0 Å². The summed E-state index contributed by atoms with van der Waals surface area (Å²) in [5, 5.41) is 2.83. The summed E-state index contributed by atoms with van der Waals surface area (Å²) in [4.78, 5) is 16.8. The first-order valence-corrected chi connectivity index (χ1v) is 8.84. The number of fused-ring (bicyclic) bond motifs is 1. The Kier molecular flexibility index (Phi) is 4.76. The van der Waals surface area contributed by atoms with Crippen molar-refractivity contribution in [2.24, 2.45) is 0 Å². The van der Waals surface area contributed by atoms with E-state index in [2.05, 4.69) is 10.3 Å². The van der Waals surface area contributed by atoms with E-state index in [9.17, 15) is 9.18 Å². The van der Waals surface area contributed by atoms with Crippen molar-refractivity contribution >= 4 is 22.7 Å². The lowest BCUT2D eigenvalue weighted by molar-refractivity contribution is 0.102. The van der Waals surface area contributed by atoms with Gasteiger partial charge in [-0.1, -0.05) is 12.1 Å². The quantitative estimate of drug-likeness (QED) is 0.514. The minimum Gasteiger partial charge on any atom is -0.494 e. The summed E-state index contributed by atoms with van der Waals surface area (Å²) in [6.45, 7) is 2.47. The lowest BCUT2D eigenvalue weighted by Gasteiger charge is -2.06. The standard InChI is InChI=1S/C22H17FN2O3/c1-2-27-16-10-7-14(8-11-16)21(26)24-15-9-12-20-19(13-15)25-22(28-20)17-5-3-4-6-18(17)23/h3-13H,2H2,1H3,(H,24,26). The first-order valence-electron chi connectivity index (χ1n) is 8.84. The third kappa shape index (κ3) is 3.57. The van der Waals surface area contributed by atoms with Gasteiger partial charge in [0.2, 0.25) is 5.89 Å². The Bertz CT molecular complexity index is 1140. The highest BCUT2D eigenvalue weighted by Gasteiger charge is 2.13. The summed E-state index contributed by atoms with van der Waals surface area (Å²) in [6, 6.07) is 18.3. The van der Waals surface area contributed by atoms with Gasteiger partial charge in [-0.3, -0.25) is 4.79 Å². The monoisotopic (exact) mass is 376 g/mol. The number of rotatable bonds is 5. The molecular weight excluding hydrogens is 359 g/mol. The molecule has 0 saturated heterocycles. The average molecular weight is 376 g/mol. The van der Waals surface area contributed by atoms with Gasteiger partial charge in [-0.25, -0.2) is 9.37 Å². The van der Waals surface area contributed by atoms with Gasteiger partial charge >= 0.3 is 0 Å². The number of ether oxygens (including phenoxy) is 1. The Balaban J connectivity index is 1.56. The van der Waals surface area contributed by atoms with Crippen LogP contribution in [0.5, 0.6) is 5.75 Å². The van der Waals surface area contributed by atoms with Crippen LogP contribution in [-0.4, -0.2) is 17.5 Å². The van der Waals surface area contributed by atoms with Gasteiger partial charge in [-0.2, -0.15) is 0 Å². The van der Waals surface area contributed by atoms with Crippen molar-refractivity contribution in [1.29, 1.82) is 0 Å². The van der Waals surface area contributed by atoms with Crippen LogP contribution in [-0.2, 0) is 0 Å². The Morgan fingerprint density at radius 1 is 1.11 bits per heavy atom. The number of carbonyl (C=O) groups excluding carboxylic acids is 1. The van der Waals surface area contributed by atoms with Gasteiger partial charge in [-0.05, 0) is 61.5 Å². The van der Waals surface area contributed by atoms with Gasteiger partial charge in [0.25, 0.3) is 5.91 Å². The van der Waals surface area contributed by atoms with Crippen molar-refractivity contribution in [3.8, 4) is 17.2 Å². The predicted octanol–water partition coefficient (Wildman–Crippen LogP) is 5.28. The number of carbonyl (C=O) groups is 1. The Labute approximate surface area is 160 Å². The van der Waals surface area contributed by atoms with Crippen molar-refractivity contribution in [3.63, 3.8) is 0 Å². The zero-order chi connectivity index (χ0) is 19.5. The molecule has 5 nitrogen and oxygen atoms in total. The number of anilines is 1. The van der Waals surface area contributed by atoms with Crippen LogP contribution in [0.15, 0.2) is 71.1 Å². The van der Waals surface area contributed by atoms with E-state index in [-0.39, 0.29) is 11.8 Å². The SMILES string of the molecule is CCOc1ccc(C(=O)Nc2ccc3oc(-c4ccccc4F)nc3c2)cc1. The average Bonchev–Trinajstić information content (AvgIpc) is 3.12. The molecule has 6 heteroatoms. The molecule has 3 aromatic carbocycles. The van der Waals surface area contributed by atoms with E-state index < -0.39 is 5.82 Å². The fourth-order valence-electron chi connectivity index (χ4n) is 2.83. The van der Waals surface area contributed by atoms with Crippen LogP contribution in [0.4, 0.5) is 10.1 Å². The van der Waals surface area contributed by atoms with Crippen LogP contribution < -0.4 is 10.1 Å². The summed E-state index contributed by atoms with van der Waals surface area (Å²) >= 11 is 0. The fourth-order valence-corrected chi connectivity index (χ4v) is 2.83. The number of hydrogen-bond donors (Lipinski definition) is 1. The Morgan fingerprint density at radius 2 is 1.89 bits per heavy atom. The number of nitrogens with one attached hydrogen (secondary N) is 1. The smallest absolute Gasteiger partial charge is 0.255 e. The topological polar surface area (TPSA) is 64.4 Å². The molecule has 4 aromatic rings. The molecule has 4 rings (SSSR count). The van der Waals surface area contributed by atoms with E-state index in [1.54, 1.807) is 60.7 Å². The summed E-state index contributed by atoms with van der Waals surface area (Å²) in [5.74, 6) is 0.255. The molecule has 0 aliphatic rings. The van der Waals surface area contributed by atoms with Crippen LogP contribution >= 0.6 is 0 Å². The van der Waals surface area contributed by atoms with E-state index in [1.807, 2.05) is 6.92 Å². The number of aromatic nitrogens is 1. The third-order valence-electron chi connectivity index (χ3n) is 4.18. The molecule has 1 amide bonds. The van der Waals surface area contributed by atoms with E-state index in [0.29, 0.717) is 40.3 Å². The highest BCUT2D eigenvalue weighted by molar-refractivity contribution is 6.05. The Morgan fingerprint density at radius 3 is 2.64 bits per heavy atom. The van der Waals surface area contributed by atoms with E-state index in [4.69, 9.17) is 9.15 Å². The van der Waals surface area contributed by atoms with Crippen LogP contribution in [0.25, 0.3) is 22.6 Å². The molecular formula is C22H17FN2O3. The summed E-state index contributed by atoms with van der Waals surface area (Å²) in [7, 11) is 0. The van der Waals surface area contributed by atoms with Gasteiger partial charge in [0.15, 0.2) is 5.58 Å². The van der Waals surface area contributed by atoms with Gasteiger partial charge in [0.05, 0.1) is 12.2 Å². The highest BCUT2D eigenvalue weighted by atomic mass is 19.1. The molecule has 0 spiro atoms. The zero-order valence-corrected chi connectivity index (χ0v) is 15.1. The number of benzene rings is 3. The molecule has 1 aromatic heterocycles. The second-order valence-corrected chi connectivity index (χ2v) is 6.09. The molecule has 0 saturated carbocycles. The maximum Gasteiger partial charge on any atom is 0.255 e. The number of nitrogens with zero attached hydrogens (tertiary/aromatic N) is 1.